The zero-order valence-electron chi connectivity index (χ0n) is 7.49. The Kier molecular flexibility index (Phi) is 4.14. The summed E-state index contributed by atoms with van der Waals surface area (Å²) in [5.41, 5.74) is 0. The van der Waals surface area contributed by atoms with Crippen molar-refractivity contribution in [3.8, 4) is 0 Å². The van der Waals surface area contributed by atoms with Gasteiger partial charge in [-0.3, -0.25) is 4.79 Å². The first-order valence-corrected chi connectivity index (χ1v) is 4.51. The maximum atomic E-state index is 10.8. The molecule has 1 fully saturated rings. The van der Waals surface area contributed by atoms with Crippen molar-refractivity contribution in [1.82, 2.24) is 10.6 Å². The Hall–Kier alpha value is -0.650. The molecule has 0 bridgehead atoms. The number of hydrogen-bond donors (Lipinski definition) is 4. The molecule has 0 aromatic rings. The average molecular weight is 188 g/mol. The van der Waals surface area contributed by atoms with Gasteiger partial charge in [0.15, 0.2) is 0 Å². The third-order valence-electron chi connectivity index (χ3n) is 2.12. The van der Waals surface area contributed by atoms with Gasteiger partial charge in [0.05, 0.1) is 12.7 Å². The SMILES string of the molecule is O=C1CCC(NC[C@H](O)CO)CN1. The Balaban J connectivity index is 2.12. The number of amides is 1. The molecule has 1 aliphatic heterocycles. The van der Waals surface area contributed by atoms with Crippen LogP contribution in [0.5, 0.6) is 0 Å². The van der Waals surface area contributed by atoms with Gasteiger partial charge in [0.1, 0.15) is 0 Å². The molecule has 0 radical (unpaired) electrons. The van der Waals surface area contributed by atoms with Gasteiger partial charge >= 0.3 is 0 Å². The van der Waals surface area contributed by atoms with Gasteiger partial charge in [-0.15, -0.1) is 0 Å². The monoisotopic (exact) mass is 188 g/mol. The van der Waals surface area contributed by atoms with Gasteiger partial charge in [0.2, 0.25) is 5.91 Å². The number of aliphatic hydroxyl groups is 2. The van der Waals surface area contributed by atoms with E-state index in [1.807, 2.05) is 0 Å². The minimum atomic E-state index is -0.711. The lowest BCUT2D eigenvalue weighted by atomic mass is 10.1. The second kappa shape index (κ2) is 5.16. The molecular weight excluding hydrogens is 172 g/mol. The van der Waals surface area contributed by atoms with E-state index in [0.29, 0.717) is 19.5 Å². The highest BCUT2D eigenvalue weighted by Gasteiger charge is 2.17. The summed E-state index contributed by atoms with van der Waals surface area (Å²) in [7, 11) is 0. The molecule has 0 aromatic carbocycles. The van der Waals surface area contributed by atoms with Crippen LogP contribution in [0.4, 0.5) is 0 Å². The molecule has 0 aliphatic carbocycles. The standard InChI is InChI=1S/C8H16N2O3/c11-5-7(12)4-9-6-1-2-8(13)10-3-6/h6-7,9,11-12H,1-5H2,(H,10,13)/t6?,7-/m0/s1. The van der Waals surface area contributed by atoms with E-state index in [2.05, 4.69) is 10.6 Å². The lowest BCUT2D eigenvalue weighted by Crippen LogP contribution is -2.48. The number of nitrogens with one attached hydrogen (secondary N) is 2. The van der Waals surface area contributed by atoms with E-state index in [1.54, 1.807) is 0 Å². The molecule has 76 valence electrons. The molecule has 1 unspecified atom stereocenters. The molecule has 1 saturated heterocycles. The number of aliphatic hydroxyl groups excluding tert-OH is 2. The van der Waals surface area contributed by atoms with Gasteiger partial charge < -0.3 is 20.8 Å². The molecule has 0 spiro atoms. The summed E-state index contributed by atoms with van der Waals surface area (Å²) in [6.07, 6.45) is 0.620. The van der Waals surface area contributed by atoms with Crippen LogP contribution in [0.1, 0.15) is 12.8 Å². The Morgan fingerprint density at radius 1 is 1.69 bits per heavy atom. The molecule has 5 nitrogen and oxygen atoms in total. The topological polar surface area (TPSA) is 81.6 Å². The number of piperidine rings is 1. The Morgan fingerprint density at radius 3 is 3.00 bits per heavy atom. The van der Waals surface area contributed by atoms with Crippen LogP contribution in [-0.2, 0) is 4.79 Å². The van der Waals surface area contributed by atoms with Crippen LogP contribution in [0.15, 0.2) is 0 Å². The van der Waals surface area contributed by atoms with Crippen molar-refractivity contribution in [2.24, 2.45) is 0 Å². The summed E-state index contributed by atoms with van der Waals surface area (Å²) in [5.74, 6) is 0.0840. The van der Waals surface area contributed by atoms with Gasteiger partial charge in [-0.2, -0.15) is 0 Å². The maximum Gasteiger partial charge on any atom is 0.220 e. The summed E-state index contributed by atoms with van der Waals surface area (Å²) < 4.78 is 0. The van der Waals surface area contributed by atoms with E-state index >= 15 is 0 Å². The Bertz CT molecular complexity index is 165. The molecule has 2 atom stereocenters. The zero-order chi connectivity index (χ0) is 9.68. The van der Waals surface area contributed by atoms with Crippen molar-refractivity contribution in [1.29, 1.82) is 0 Å². The van der Waals surface area contributed by atoms with Crippen LogP contribution in [0.3, 0.4) is 0 Å². The molecule has 1 rings (SSSR count). The van der Waals surface area contributed by atoms with Crippen LogP contribution in [-0.4, -0.2) is 48.0 Å². The van der Waals surface area contributed by atoms with Gasteiger partial charge in [0.25, 0.3) is 0 Å². The van der Waals surface area contributed by atoms with E-state index in [-0.39, 0.29) is 18.6 Å². The fourth-order valence-corrected chi connectivity index (χ4v) is 1.27. The maximum absolute atomic E-state index is 10.8. The van der Waals surface area contributed by atoms with Crippen LogP contribution < -0.4 is 10.6 Å². The largest absolute Gasteiger partial charge is 0.394 e. The number of rotatable bonds is 4. The average Bonchev–Trinajstić information content (AvgIpc) is 2.16. The summed E-state index contributed by atoms with van der Waals surface area (Å²) in [5, 5.41) is 23.4. The molecule has 1 heterocycles. The lowest BCUT2D eigenvalue weighted by molar-refractivity contribution is -0.122. The fraction of sp³-hybridized carbons (Fsp3) is 0.875. The van der Waals surface area contributed by atoms with Crippen molar-refractivity contribution in [3.05, 3.63) is 0 Å². The smallest absolute Gasteiger partial charge is 0.220 e. The van der Waals surface area contributed by atoms with Gasteiger partial charge in [-0.25, -0.2) is 0 Å². The molecule has 0 saturated carbocycles. The van der Waals surface area contributed by atoms with Gasteiger partial charge in [0, 0.05) is 25.6 Å². The van der Waals surface area contributed by atoms with Crippen LogP contribution in [0.25, 0.3) is 0 Å². The summed E-state index contributed by atoms with van der Waals surface area (Å²) >= 11 is 0. The fourth-order valence-electron chi connectivity index (χ4n) is 1.27. The Morgan fingerprint density at radius 2 is 2.46 bits per heavy atom. The molecule has 4 N–H and O–H groups in total. The number of carbonyl (C=O) groups excluding carboxylic acids is 1. The van der Waals surface area contributed by atoms with E-state index in [0.717, 1.165) is 6.42 Å². The first-order valence-electron chi connectivity index (χ1n) is 4.51. The van der Waals surface area contributed by atoms with E-state index in [1.165, 1.54) is 0 Å². The molecule has 13 heavy (non-hydrogen) atoms. The quantitative estimate of drug-likeness (QED) is 0.420. The third-order valence-corrected chi connectivity index (χ3v) is 2.12. The minimum absolute atomic E-state index is 0.0840. The summed E-state index contributed by atoms with van der Waals surface area (Å²) in [6.45, 7) is 0.750. The van der Waals surface area contributed by atoms with E-state index in [4.69, 9.17) is 10.2 Å². The molecule has 1 amide bonds. The normalized spacial score (nSPS) is 25.4. The molecule has 5 heteroatoms. The molecular formula is C8H16N2O3. The van der Waals surface area contributed by atoms with Gasteiger partial charge in [-0.1, -0.05) is 0 Å². The minimum Gasteiger partial charge on any atom is -0.394 e. The predicted octanol–water partition coefficient (Wildman–Crippen LogP) is -1.79. The lowest BCUT2D eigenvalue weighted by Gasteiger charge is -2.24. The van der Waals surface area contributed by atoms with Crippen LogP contribution >= 0.6 is 0 Å². The number of carbonyl (C=O) groups is 1. The molecule has 1 aliphatic rings. The predicted molar refractivity (Wildman–Crippen MR) is 47.1 cm³/mol. The summed E-state index contributed by atoms with van der Waals surface area (Å²) in [4.78, 5) is 10.8. The van der Waals surface area contributed by atoms with E-state index in [9.17, 15) is 4.79 Å². The van der Waals surface area contributed by atoms with Crippen molar-refractivity contribution in [3.63, 3.8) is 0 Å². The second-order valence-corrected chi connectivity index (χ2v) is 3.28. The first-order chi connectivity index (χ1) is 6.22. The number of hydrogen-bond acceptors (Lipinski definition) is 4. The van der Waals surface area contributed by atoms with Crippen molar-refractivity contribution in [2.75, 3.05) is 19.7 Å². The second-order valence-electron chi connectivity index (χ2n) is 3.28. The van der Waals surface area contributed by atoms with Crippen molar-refractivity contribution >= 4 is 5.91 Å². The zero-order valence-corrected chi connectivity index (χ0v) is 7.49. The third kappa shape index (κ3) is 3.71. The van der Waals surface area contributed by atoms with Crippen LogP contribution in [0.2, 0.25) is 0 Å². The Labute approximate surface area is 77.1 Å². The highest BCUT2D eigenvalue weighted by molar-refractivity contribution is 5.76. The first kappa shape index (κ1) is 10.4. The van der Waals surface area contributed by atoms with Gasteiger partial charge in [-0.05, 0) is 6.42 Å². The highest BCUT2D eigenvalue weighted by atomic mass is 16.3. The summed E-state index contributed by atoms with van der Waals surface area (Å²) in [6, 6.07) is 0.221. The molecule has 0 aromatic heterocycles. The highest BCUT2D eigenvalue weighted by Crippen LogP contribution is 2.02. The van der Waals surface area contributed by atoms with E-state index < -0.39 is 6.10 Å². The van der Waals surface area contributed by atoms with Crippen LogP contribution in [0, 0.1) is 0 Å². The van der Waals surface area contributed by atoms with Crippen molar-refractivity contribution < 1.29 is 15.0 Å². The van der Waals surface area contributed by atoms with Crippen molar-refractivity contribution in [2.45, 2.75) is 25.0 Å².